The molecule has 0 radical (unpaired) electrons. The van der Waals surface area contributed by atoms with Crippen molar-refractivity contribution in [2.75, 3.05) is 19.1 Å². The maximum Gasteiger partial charge on any atom is 0.408 e. The zero-order valence-electron chi connectivity index (χ0n) is 23.0. The van der Waals surface area contributed by atoms with Gasteiger partial charge in [0.15, 0.2) is 11.2 Å². The quantitative estimate of drug-likeness (QED) is 0.156. The molecule has 0 amide bonds. The number of nitrogens with one attached hydrogen (secondary N) is 2. The number of benzene rings is 1. The first-order chi connectivity index (χ1) is 18.7. The molecule has 1 aliphatic heterocycles. The number of aliphatic hydroxyl groups excluding tert-OH is 1. The number of hydrogen-bond acceptors (Lipinski definition) is 11. The SMILES string of the molecule is CC(C)(C)C(=O)OCOP(=O)(NCc1ccccc1)OC[C@H]1O[C@@H](n2cnc3c(=O)[nH]c(N)nc32)C(C)(C)[C@@H]1O. The van der Waals surface area contributed by atoms with Crippen molar-refractivity contribution in [3.8, 4) is 0 Å². The normalized spacial score (nSPS) is 22.3. The molecule has 15 heteroatoms. The van der Waals surface area contributed by atoms with Crippen molar-refractivity contribution < 1.29 is 33.0 Å². The number of nitrogens with zero attached hydrogens (tertiary/aromatic N) is 3. The van der Waals surface area contributed by atoms with Crippen molar-refractivity contribution in [3.05, 3.63) is 52.6 Å². The van der Waals surface area contributed by atoms with Crippen molar-refractivity contribution in [1.29, 1.82) is 0 Å². The molecule has 1 aliphatic rings. The summed E-state index contributed by atoms with van der Waals surface area (Å²) in [5, 5.41) is 13.9. The van der Waals surface area contributed by atoms with Crippen LogP contribution >= 0.6 is 7.75 Å². The van der Waals surface area contributed by atoms with Gasteiger partial charge in [0.25, 0.3) is 5.56 Å². The Morgan fingerprint density at radius 1 is 1.27 bits per heavy atom. The van der Waals surface area contributed by atoms with E-state index in [1.165, 1.54) is 10.9 Å². The standard InChI is InChI=1S/C25H35N6O8P/c1-24(2,3)22(34)36-14-38-40(35,28-11-15-9-7-6-8-10-15)37-12-16-18(32)25(4,5)21(39-16)31-13-27-17-19(31)29-23(26)30-20(17)33/h6-10,13,16,18,21,32H,11-12,14H2,1-5H3,(H,28,35)(H3,26,29,30,33)/t16-,18-,21-,40?/m1/s1. The second-order valence-electron chi connectivity index (χ2n) is 11.1. The Hall–Kier alpha value is -3.13. The van der Waals surface area contributed by atoms with Gasteiger partial charge in [-0.2, -0.15) is 4.98 Å². The van der Waals surface area contributed by atoms with Gasteiger partial charge in [-0.05, 0) is 26.3 Å². The minimum absolute atomic E-state index is 0.0654. The molecule has 4 atom stereocenters. The third-order valence-electron chi connectivity index (χ3n) is 6.51. The zero-order chi connectivity index (χ0) is 29.3. The second kappa shape index (κ2) is 11.4. The molecule has 1 fully saturated rings. The smallest absolute Gasteiger partial charge is 0.408 e. The van der Waals surface area contributed by atoms with Gasteiger partial charge < -0.3 is 20.3 Å². The van der Waals surface area contributed by atoms with Crippen molar-refractivity contribution in [2.24, 2.45) is 10.8 Å². The highest BCUT2D eigenvalue weighted by Gasteiger charge is 2.52. The molecule has 0 spiro atoms. The average Bonchev–Trinajstić information content (AvgIpc) is 3.40. The summed E-state index contributed by atoms with van der Waals surface area (Å²) < 4.78 is 37.5. The first-order valence-electron chi connectivity index (χ1n) is 12.6. The highest BCUT2D eigenvalue weighted by Crippen LogP contribution is 2.49. The summed E-state index contributed by atoms with van der Waals surface area (Å²) in [7, 11) is -4.06. The minimum Gasteiger partial charge on any atom is -0.438 e. The Morgan fingerprint density at radius 2 is 1.98 bits per heavy atom. The van der Waals surface area contributed by atoms with E-state index in [2.05, 4.69) is 20.0 Å². The maximum absolute atomic E-state index is 13.6. The number of nitrogens with two attached hydrogens (primary N) is 1. The van der Waals surface area contributed by atoms with E-state index >= 15 is 0 Å². The number of aromatic nitrogens is 4. The van der Waals surface area contributed by atoms with Crippen molar-refractivity contribution in [1.82, 2.24) is 24.6 Å². The molecule has 0 aliphatic carbocycles. The van der Waals surface area contributed by atoms with E-state index in [-0.39, 0.29) is 30.3 Å². The van der Waals surface area contributed by atoms with E-state index in [1.807, 2.05) is 30.3 Å². The van der Waals surface area contributed by atoms with Gasteiger partial charge in [-0.3, -0.25) is 28.2 Å². The lowest BCUT2D eigenvalue weighted by Crippen LogP contribution is -2.36. The lowest BCUT2D eigenvalue weighted by molar-refractivity contribution is -0.160. The summed E-state index contributed by atoms with van der Waals surface area (Å²) in [5.74, 6) is -0.632. The number of esters is 1. The van der Waals surface area contributed by atoms with Crippen LogP contribution in [0.15, 0.2) is 41.5 Å². The van der Waals surface area contributed by atoms with E-state index in [4.69, 9.17) is 24.3 Å². The Kier molecular flexibility index (Phi) is 8.50. The topological polar surface area (TPSA) is 193 Å². The molecule has 0 saturated carbocycles. The lowest BCUT2D eigenvalue weighted by Gasteiger charge is -2.28. The first kappa shape index (κ1) is 29.8. The largest absolute Gasteiger partial charge is 0.438 e. The van der Waals surface area contributed by atoms with Gasteiger partial charge >= 0.3 is 13.7 Å². The van der Waals surface area contributed by atoms with Crippen LogP contribution in [0.5, 0.6) is 0 Å². The van der Waals surface area contributed by atoms with Gasteiger partial charge in [-0.15, -0.1) is 0 Å². The number of ether oxygens (including phenoxy) is 2. The molecular weight excluding hydrogens is 543 g/mol. The minimum atomic E-state index is -4.06. The van der Waals surface area contributed by atoms with E-state index in [9.17, 15) is 19.3 Å². The molecule has 5 N–H and O–H groups in total. The zero-order valence-corrected chi connectivity index (χ0v) is 23.9. The number of H-pyrrole nitrogens is 1. The fraction of sp³-hybridized carbons (Fsp3) is 0.520. The van der Waals surface area contributed by atoms with Crippen LogP contribution < -0.4 is 16.4 Å². The summed E-state index contributed by atoms with van der Waals surface area (Å²) in [6, 6.07) is 9.17. The number of carbonyl (C=O) groups excluding carboxylic acids is 1. The molecular formula is C25H35N6O8P. The summed E-state index contributed by atoms with van der Waals surface area (Å²) in [4.78, 5) is 35.1. The van der Waals surface area contributed by atoms with Crippen molar-refractivity contribution in [2.45, 2.75) is 59.6 Å². The van der Waals surface area contributed by atoms with Gasteiger partial charge in [0.2, 0.25) is 12.7 Å². The van der Waals surface area contributed by atoms with Gasteiger partial charge in [0.1, 0.15) is 12.3 Å². The fourth-order valence-electron chi connectivity index (χ4n) is 4.16. The van der Waals surface area contributed by atoms with Gasteiger partial charge in [-0.25, -0.2) is 14.6 Å². The van der Waals surface area contributed by atoms with E-state index in [0.717, 1.165) is 5.56 Å². The molecule has 3 heterocycles. The van der Waals surface area contributed by atoms with Crippen LogP contribution in [0.2, 0.25) is 0 Å². The molecule has 40 heavy (non-hydrogen) atoms. The molecule has 218 valence electrons. The van der Waals surface area contributed by atoms with E-state index < -0.39 is 55.3 Å². The van der Waals surface area contributed by atoms with Crippen LogP contribution in [0.4, 0.5) is 5.95 Å². The summed E-state index contributed by atoms with van der Waals surface area (Å²) in [6.45, 7) is 7.76. The molecule has 3 aromatic rings. The Bertz CT molecular complexity index is 1450. The number of imidazole rings is 1. The maximum atomic E-state index is 13.6. The van der Waals surface area contributed by atoms with Crippen LogP contribution in [-0.4, -0.2) is 56.2 Å². The number of carbonyl (C=O) groups is 1. The van der Waals surface area contributed by atoms with Gasteiger partial charge in [0.05, 0.1) is 24.5 Å². The highest BCUT2D eigenvalue weighted by atomic mass is 31.2. The highest BCUT2D eigenvalue weighted by molar-refractivity contribution is 7.51. The van der Waals surface area contributed by atoms with Crippen LogP contribution in [0.25, 0.3) is 11.2 Å². The predicted molar refractivity (Wildman–Crippen MR) is 145 cm³/mol. The van der Waals surface area contributed by atoms with Crippen LogP contribution in [-0.2, 0) is 34.4 Å². The molecule has 4 rings (SSSR count). The third kappa shape index (κ3) is 6.43. The van der Waals surface area contributed by atoms with E-state index in [1.54, 1.807) is 34.6 Å². The van der Waals surface area contributed by atoms with Crippen molar-refractivity contribution >= 4 is 30.8 Å². The molecule has 2 aromatic heterocycles. The molecule has 0 bridgehead atoms. The number of fused-ring (bicyclic) bond motifs is 1. The number of aliphatic hydroxyl groups is 1. The second-order valence-corrected chi connectivity index (χ2v) is 12.9. The number of nitrogen functional groups attached to an aromatic ring is 1. The monoisotopic (exact) mass is 578 g/mol. The van der Waals surface area contributed by atoms with Gasteiger partial charge in [0, 0.05) is 12.0 Å². The molecule has 1 aromatic carbocycles. The van der Waals surface area contributed by atoms with Crippen LogP contribution in [0.3, 0.4) is 0 Å². The van der Waals surface area contributed by atoms with E-state index in [0.29, 0.717) is 0 Å². The van der Waals surface area contributed by atoms with Crippen LogP contribution in [0, 0.1) is 10.8 Å². The lowest BCUT2D eigenvalue weighted by atomic mass is 9.84. The predicted octanol–water partition coefficient (Wildman–Crippen LogP) is 2.46. The molecule has 1 saturated heterocycles. The fourth-order valence-corrected chi connectivity index (χ4v) is 5.33. The van der Waals surface area contributed by atoms with Crippen LogP contribution in [0.1, 0.15) is 46.4 Å². The summed E-state index contributed by atoms with van der Waals surface area (Å²) >= 11 is 0. The number of aromatic amines is 1. The number of rotatable bonds is 10. The average molecular weight is 579 g/mol. The Morgan fingerprint density at radius 3 is 2.65 bits per heavy atom. The Balaban J connectivity index is 1.50. The third-order valence-corrected chi connectivity index (χ3v) is 7.99. The molecule has 14 nitrogen and oxygen atoms in total. The number of hydrogen-bond donors (Lipinski definition) is 4. The number of anilines is 1. The summed E-state index contributed by atoms with van der Waals surface area (Å²) in [6.07, 6.45) is -1.48. The first-order valence-corrected chi connectivity index (χ1v) is 14.2. The van der Waals surface area contributed by atoms with Crippen molar-refractivity contribution in [3.63, 3.8) is 0 Å². The Labute approximate surface area is 230 Å². The van der Waals surface area contributed by atoms with Gasteiger partial charge in [-0.1, -0.05) is 44.2 Å². The molecule has 1 unspecified atom stereocenters. The summed E-state index contributed by atoms with van der Waals surface area (Å²) in [5.41, 5.74) is 4.59.